The average molecular weight is 233 g/mol. The molecule has 0 atom stereocenters. The van der Waals surface area contributed by atoms with Gasteiger partial charge < -0.3 is 4.52 Å². The van der Waals surface area contributed by atoms with Gasteiger partial charge in [0.2, 0.25) is 0 Å². The molecule has 0 aromatic carbocycles. The minimum Gasteiger partial charge on any atom is -0.321 e. The van der Waals surface area contributed by atoms with Gasteiger partial charge in [0.1, 0.15) is 0 Å². The molecule has 1 heterocycles. The zero-order valence-corrected chi connectivity index (χ0v) is 9.48. The first-order valence-corrected chi connectivity index (χ1v) is 6.37. The van der Waals surface area contributed by atoms with Crippen LogP contribution < -0.4 is 0 Å². The van der Waals surface area contributed by atoms with E-state index >= 15 is 0 Å². The van der Waals surface area contributed by atoms with Gasteiger partial charge in [-0.05, 0) is 24.4 Å². The summed E-state index contributed by atoms with van der Waals surface area (Å²) in [5.41, 5.74) is 0. The van der Waals surface area contributed by atoms with E-state index in [2.05, 4.69) is 10.1 Å². The van der Waals surface area contributed by atoms with E-state index in [1.807, 2.05) is 11.8 Å². The number of thioether (sulfide) groups is 1. The number of hydrogen-bond acceptors (Lipinski definition) is 4. The Hall–Kier alpha value is -0.220. The summed E-state index contributed by atoms with van der Waals surface area (Å²) in [5, 5.41) is 4.68. The molecule has 0 amide bonds. The molecule has 1 fully saturated rings. The molecule has 3 nitrogen and oxygen atoms in total. The third-order valence-corrected chi connectivity index (χ3v) is 3.96. The van der Waals surface area contributed by atoms with Crippen molar-refractivity contribution in [1.29, 1.82) is 0 Å². The number of halogens is 1. The molecule has 1 aromatic rings. The Morgan fingerprint density at radius 3 is 2.79 bits per heavy atom. The van der Waals surface area contributed by atoms with E-state index in [-0.39, 0.29) is 5.35 Å². The fourth-order valence-corrected chi connectivity index (χ4v) is 3.02. The van der Waals surface area contributed by atoms with Gasteiger partial charge in [-0.25, -0.2) is 0 Å². The lowest BCUT2D eigenvalue weighted by molar-refractivity contribution is 0.414. The second-order valence-electron chi connectivity index (χ2n) is 3.53. The van der Waals surface area contributed by atoms with E-state index in [4.69, 9.17) is 16.1 Å². The first kappa shape index (κ1) is 10.3. The molecule has 1 aliphatic carbocycles. The molecule has 1 saturated carbocycles. The summed E-state index contributed by atoms with van der Waals surface area (Å²) in [5.74, 6) is 1.53. The maximum Gasteiger partial charge on any atom is 0.320 e. The van der Waals surface area contributed by atoms with Gasteiger partial charge in [0.15, 0.2) is 5.82 Å². The lowest BCUT2D eigenvalue weighted by atomic mass is 10.0. The van der Waals surface area contributed by atoms with Crippen molar-refractivity contribution >= 4 is 23.4 Å². The molecular weight excluding hydrogens is 220 g/mol. The van der Waals surface area contributed by atoms with E-state index in [0.29, 0.717) is 5.82 Å². The van der Waals surface area contributed by atoms with E-state index in [1.54, 1.807) is 0 Å². The Morgan fingerprint density at radius 1 is 1.36 bits per heavy atom. The molecule has 14 heavy (non-hydrogen) atoms. The maximum absolute atomic E-state index is 5.53. The SMILES string of the molecule is Clc1nc(CSC2CCCCC2)no1. The van der Waals surface area contributed by atoms with Crippen molar-refractivity contribution in [3.8, 4) is 0 Å². The highest BCUT2D eigenvalue weighted by molar-refractivity contribution is 7.99. The summed E-state index contributed by atoms with van der Waals surface area (Å²) >= 11 is 7.45. The third kappa shape index (κ3) is 2.89. The Balaban J connectivity index is 1.76. The zero-order valence-electron chi connectivity index (χ0n) is 7.91. The van der Waals surface area contributed by atoms with Gasteiger partial charge in [0.25, 0.3) is 0 Å². The van der Waals surface area contributed by atoms with Crippen LogP contribution in [0, 0.1) is 0 Å². The van der Waals surface area contributed by atoms with Gasteiger partial charge in [-0.2, -0.15) is 16.7 Å². The zero-order chi connectivity index (χ0) is 9.80. The standard InChI is InChI=1S/C9H13ClN2OS/c10-9-11-8(12-13-9)6-14-7-4-2-1-3-5-7/h7H,1-6H2. The van der Waals surface area contributed by atoms with Crippen LogP contribution in [0.5, 0.6) is 0 Å². The van der Waals surface area contributed by atoms with Gasteiger partial charge in [0.05, 0.1) is 5.75 Å². The van der Waals surface area contributed by atoms with Crippen LogP contribution in [-0.4, -0.2) is 15.4 Å². The number of hydrogen-bond donors (Lipinski definition) is 0. The van der Waals surface area contributed by atoms with Crippen molar-refractivity contribution in [2.24, 2.45) is 0 Å². The summed E-state index contributed by atoms with van der Waals surface area (Å²) in [6.45, 7) is 0. The fraction of sp³-hybridized carbons (Fsp3) is 0.778. The van der Waals surface area contributed by atoms with Crippen molar-refractivity contribution in [2.75, 3.05) is 0 Å². The van der Waals surface area contributed by atoms with Gasteiger partial charge in [0, 0.05) is 5.25 Å². The summed E-state index contributed by atoms with van der Waals surface area (Å²) in [4.78, 5) is 3.96. The fourth-order valence-electron chi connectivity index (χ4n) is 1.72. The lowest BCUT2D eigenvalue weighted by Crippen LogP contribution is -2.08. The Labute approximate surface area is 92.6 Å². The van der Waals surface area contributed by atoms with Crippen LogP contribution in [0.2, 0.25) is 5.35 Å². The molecular formula is C9H13ClN2OS. The van der Waals surface area contributed by atoms with Crippen LogP contribution in [0.1, 0.15) is 37.9 Å². The smallest absolute Gasteiger partial charge is 0.320 e. The minimum atomic E-state index is 0.143. The van der Waals surface area contributed by atoms with E-state index in [1.165, 1.54) is 32.1 Å². The van der Waals surface area contributed by atoms with Gasteiger partial charge in [-0.1, -0.05) is 24.4 Å². The predicted octanol–water partition coefficient (Wildman–Crippen LogP) is 3.29. The average Bonchev–Trinajstić information content (AvgIpc) is 2.63. The molecule has 0 N–H and O–H groups in total. The second-order valence-corrected chi connectivity index (χ2v) is 5.15. The van der Waals surface area contributed by atoms with Crippen LogP contribution in [0.25, 0.3) is 0 Å². The molecule has 0 aliphatic heterocycles. The molecule has 0 radical (unpaired) electrons. The van der Waals surface area contributed by atoms with E-state index in [9.17, 15) is 0 Å². The first-order valence-electron chi connectivity index (χ1n) is 4.94. The van der Waals surface area contributed by atoms with Crippen molar-refractivity contribution in [3.05, 3.63) is 11.2 Å². The summed E-state index contributed by atoms with van der Waals surface area (Å²) in [6.07, 6.45) is 6.78. The molecule has 1 aliphatic rings. The molecule has 78 valence electrons. The molecule has 0 saturated heterocycles. The van der Waals surface area contributed by atoms with Crippen LogP contribution in [0.4, 0.5) is 0 Å². The normalized spacial score (nSPS) is 18.6. The Morgan fingerprint density at radius 2 is 2.14 bits per heavy atom. The largest absolute Gasteiger partial charge is 0.321 e. The first-order chi connectivity index (χ1) is 6.84. The van der Waals surface area contributed by atoms with Crippen molar-refractivity contribution in [1.82, 2.24) is 10.1 Å². The van der Waals surface area contributed by atoms with E-state index < -0.39 is 0 Å². The van der Waals surface area contributed by atoms with Crippen LogP contribution in [0.15, 0.2) is 4.52 Å². The molecule has 2 rings (SSSR count). The van der Waals surface area contributed by atoms with Crippen LogP contribution >= 0.6 is 23.4 Å². The third-order valence-electron chi connectivity index (χ3n) is 2.44. The molecule has 0 unspecified atom stereocenters. The number of rotatable bonds is 3. The highest BCUT2D eigenvalue weighted by Crippen LogP contribution is 2.29. The topological polar surface area (TPSA) is 38.9 Å². The van der Waals surface area contributed by atoms with Crippen molar-refractivity contribution in [3.63, 3.8) is 0 Å². The van der Waals surface area contributed by atoms with Crippen molar-refractivity contribution in [2.45, 2.75) is 43.1 Å². The van der Waals surface area contributed by atoms with Gasteiger partial charge >= 0.3 is 5.35 Å². The lowest BCUT2D eigenvalue weighted by Gasteiger charge is -2.19. The summed E-state index contributed by atoms with van der Waals surface area (Å²) in [6, 6.07) is 0. The molecule has 0 bridgehead atoms. The molecule has 1 aromatic heterocycles. The highest BCUT2D eigenvalue weighted by atomic mass is 35.5. The Kier molecular flexibility index (Phi) is 3.70. The minimum absolute atomic E-state index is 0.143. The maximum atomic E-state index is 5.53. The van der Waals surface area contributed by atoms with E-state index in [0.717, 1.165) is 11.0 Å². The Bertz CT molecular complexity index is 286. The summed E-state index contributed by atoms with van der Waals surface area (Å²) in [7, 11) is 0. The number of nitrogens with zero attached hydrogens (tertiary/aromatic N) is 2. The summed E-state index contributed by atoms with van der Waals surface area (Å²) < 4.78 is 4.70. The highest BCUT2D eigenvalue weighted by Gasteiger charge is 2.14. The molecule has 0 spiro atoms. The monoisotopic (exact) mass is 232 g/mol. The van der Waals surface area contributed by atoms with Crippen LogP contribution in [0.3, 0.4) is 0 Å². The molecule has 5 heteroatoms. The van der Waals surface area contributed by atoms with Crippen LogP contribution in [-0.2, 0) is 5.75 Å². The van der Waals surface area contributed by atoms with Gasteiger partial charge in [-0.15, -0.1) is 0 Å². The second kappa shape index (κ2) is 5.03. The number of aromatic nitrogens is 2. The van der Waals surface area contributed by atoms with Gasteiger partial charge in [-0.3, -0.25) is 0 Å². The predicted molar refractivity (Wildman–Crippen MR) is 57.5 cm³/mol. The van der Waals surface area contributed by atoms with Crippen molar-refractivity contribution < 1.29 is 4.52 Å². The quantitative estimate of drug-likeness (QED) is 0.802.